The molecule has 0 radical (unpaired) electrons. The van der Waals surface area contributed by atoms with E-state index in [9.17, 15) is 32.3 Å². The summed E-state index contributed by atoms with van der Waals surface area (Å²) in [4.78, 5) is 53.3. The number of benzene rings is 1. The predicted octanol–water partition coefficient (Wildman–Crippen LogP) is 2.07. The summed E-state index contributed by atoms with van der Waals surface area (Å²) in [7, 11) is 1.17. The molecule has 1 aromatic carbocycles. The number of H-pyrrole nitrogens is 1. The second kappa shape index (κ2) is 9.60. The summed E-state index contributed by atoms with van der Waals surface area (Å²) >= 11 is 0. The molecule has 0 aliphatic carbocycles. The molecule has 0 saturated carbocycles. The lowest BCUT2D eigenvalue weighted by Crippen LogP contribution is -2.41. The van der Waals surface area contributed by atoms with E-state index in [1.165, 1.54) is 26.1 Å². The second-order valence-electron chi connectivity index (χ2n) is 7.82. The summed E-state index contributed by atoms with van der Waals surface area (Å²) in [6.45, 7) is 3.53. The topological polar surface area (TPSA) is 136 Å². The Balaban J connectivity index is 2.11. The smallest absolute Gasteiger partial charge is 0.383 e. The number of carbonyl (C=O) groups is 1. The number of aromatic nitrogens is 4. The molecule has 0 saturated heterocycles. The van der Waals surface area contributed by atoms with Crippen molar-refractivity contribution in [2.45, 2.75) is 39.4 Å². The molecule has 0 spiro atoms. The van der Waals surface area contributed by atoms with Gasteiger partial charge >= 0.3 is 11.9 Å². The summed E-state index contributed by atoms with van der Waals surface area (Å²) < 4.78 is 41.6. The van der Waals surface area contributed by atoms with Crippen molar-refractivity contribution < 1.29 is 18.0 Å². The van der Waals surface area contributed by atoms with Gasteiger partial charge in [-0.3, -0.25) is 23.9 Å². The Morgan fingerprint density at radius 1 is 1.20 bits per heavy atom. The van der Waals surface area contributed by atoms with Crippen LogP contribution in [0.25, 0.3) is 5.69 Å². The number of anilines is 2. The van der Waals surface area contributed by atoms with Crippen LogP contribution >= 0.6 is 0 Å². The molecule has 0 atom stereocenters. The summed E-state index contributed by atoms with van der Waals surface area (Å²) in [5.74, 6) is -1.30. The zero-order valence-corrected chi connectivity index (χ0v) is 19.1. The van der Waals surface area contributed by atoms with Crippen LogP contribution in [0.15, 0.2) is 44.7 Å². The number of nitrogens with two attached hydrogens (primary N) is 1. The highest BCUT2D eigenvalue weighted by Crippen LogP contribution is 2.30. The highest BCUT2D eigenvalue weighted by atomic mass is 19.4. The number of amides is 1. The summed E-state index contributed by atoms with van der Waals surface area (Å²) in [6, 6.07) is 5.26. The molecule has 0 unspecified atom stereocenters. The largest absolute Gasteiger partial charge is 0.416 e. The number of aromatic amines is 1. The molecule has 0 fully saturated rings. The number of hydrogen-bond donors (Lipinski definition) is 2. The van der Waals surface area contributed by atoms with Gasteiger partial charge in [-0.15, -0.1) is 0 Å². The monoisotopic (exact) mass is 492 g/mol. The van der Waals surface area contributed by atoms with Crippen LogP contribution in [-0.4, -0.2) is 32.3 Å². The number of nitrogens with zero attached hydrogens (tertiary/aromatic N) is 4. The SMILES string of the molecule is CCCCn1c(N)c(N(C)C(=O)c2nn(-c3cccc(C(F)(F)F)c3)c(C)cc2=O)c(=O)[nH]c1=O. The standard InChI is InChI=1S/C22H23F3N6O4/c1-4-5-9-30-18(26)17(19(33)27-21(30)35)29(3)20(34)16-15(32)10-12(2)31(28-16)14-8-6-7-13(11-14)22(23,24)25/h6-8,10-11H,4-5,9,26H2,1-3H3,(H,27,33,35). The van der Waals surface area contributed by atoms with E-state index in [0.29, 0.717) is 6.42 Å². The lowest BCUT2D eigenvalue weighted by Gasteiger charge is -2.20. The quantitative estimate of drug-likeness (QED) is 0.541. The Kier molecular flexibility index (Phi) is 6.99. The zero-order chi connectivity index (χ0) is 26.1. The van der Waals surface area contributed by atoms with E-state index in [0.717, 1.165) is 38.8 Å². The molecule has 0 aliphatic heterocycles. The van der Waals surface area contributed by atoms with Crippen molar-refractivity contribution in [1.82, 2.24) is 19.3 Å². The molecule has 1 amide bonds. The molecule has 10 nitrogen and oxygen atoms in total. The number of hydrogen-bond acceptors (Lipinski definition) is 6. The molecule has 13 heteroatoms. The van der Waals surface area contributed by atoms with Crippen molar-refractivity contribution in [3.05, 3.63) is 78.3 Å². The number of aryl methyl sites for hydroxylation is 1. The first-order chi connectivity index (χ1) is 16.4. The molecule has 2 heterocycles. The molecular formula is C22H23F3N6O4. The van der Waals surface area contributed by atoms with Gasteiger partial charge in [0.15, 0.2) is 11.4 Å². The van der Waals surface area contributed by atoms with Gasteiger partial charge in [0.25, 0.3) is 11.5 Å². The second-order valence-corrected chi connectivity index (χ2v) is 7.82. The van der Waals surface area contributed by atoms with Gasteiger partial charge in [-0.1, -0.05) is 19.4 Å². The molecular weight excluding hydrogens is 469 g/mol. The fourth-order valence-corrected chi connectivity index (χ4v) is 3.47. The Morgan fingerprint density at radius 2 is 1.89 bits per heavy atom. The van der Waals surface area contributed by atoms with Gasteiger partial charge in [0.05, 0.1) is 11.3 Å². The van der Waals surface area contributed by atoms with Crippen molar-refractivity contribution in [1.29, 1.82) is 0 Å². The average molecular weight is 492 g/mol. The van der Waals surface area contributed by atoms with Crippen LogP contribution < -0.4 is 27.3 Å². The van der Waals surface area contributed by atoms with Crippen LogP contribution in [0.2, 0.25) is 0 Å². The number of alkyl halides is 3. The number of unbranched alkanes of at least 4 members (excludes halogenated alkanes) is 1. The van der Waals surface area contributed by atoms with E-state index in [1.54, 1.807) is 0 Å². The van der Waals surface area contributed by atoms with Gasteiger partial charge in [0.2, 0.25) is 5.43 Å². The maximum absolute atomic E-state index is 13.2. The van der Waals surface area contributed by atoms with Crippen molar-refractivity contribution in [2.75, 3.05) is 17.7 Å². The average Bonchev–Trinajstić information content (AvgIpc) is 2.78. The number of nitrogens with one attached hydrogen (secondary N) is 1. The normalized spacial score (nSPS) is 11.5. The van der Waals surface area contributed by atoms with Crippen LogP contribution in [0.3, 0.4) is 0 Å². The number of nitrogen functional groups attached to an aromatic ring is 1. The van der Waals surface area contributed by atoms with E-state index in [2.05, 4.69) is 10.1 Å². The summed E-state index contributed by atoms with van der Waals surface area (Å²) in [6.07, 6.45) is -3.30. The van der Waals surface area contributed by atoms with Crippen LogP contribution in [0, 0.1) is 6.92 Å². The molecule has 3 aromatic rings. The third-order valence-corrected chi connectivity index (χ3v) is 5.32. The van der Waals surface area contributed by atoms with Gasteiger partial charge in [0.1, 0.15) is 5.82 Å². The van der Waals surface area contributed by atoms with Crippen LogP contribution in [0.5, 0.6) is 0 Å². The Hall–Kier alpha value is -4.16. The van der Waals surface area contributed by atoms with Gasteiger partial charge in [0, 0.05) is 25.4 Å². The van der Waals surface area contributed by atoms with E-state index < -0.39 is 40.0 Å². The van der Waals surface area contributed by atoms with Gasteiger partial charge in [-0.2, -0.15) is 18.3 Å². The molecule has 3 rings (SSSR count). The highest BCUT2D eigenvalue weighted by molar-refractivity contribution is 6.05. The first kappa shape index (κ1) is 25.5. The van der Waals surface area contributed by atoms with Crippen molar-refractivity contribution in [3.8, 4) is 5.69 Å². The molecule has 2 aromatic heterocycles. The van der Waals surface area contributed by atoms with Crippen molar-refractivity contribution >= 4 is 17.4 Å². The van der Waals surface area contributed by atoms with Crippen molar-refractivity contribution in [3.63, 3.8) is 0 Å². The van der Waals surface area contributed by atoms with Gasteiger partial charge in [-0.25, -0.2) is 9.48 Å². The highest BCUT2D eigenvalue weighted by Gasteiger charge is 2.31. The molecule has 186 valence electrons. The molecule has 3 N–H and O–H groups in total. The predicted molar refractivity (Wildman–Crippen MR) is 123 cm³/mol. The summed E-state index contributed by atoms with van der Waals surface area (Å²) in [5.41, 5.74) is 1.73. The first-order valence-corrected chi connectivity index (χ1v) is 10.6. The number of halogens is 3. The lowest BCUT2D eigenvalue weighted by atomic mass is 10.2. The van der Waals surface area contributed by atoms with Crippen molar-refractivity contribution in [2.24, 2.45) is 0 Å². The molecule has 35 heavy (non-hydrogen) atoms. The van der Waals surface area contributed by atoms with Crippen LogP contribution in [-0.2, 0) is 12.7 Å². The minimum atomic E-state index is -4.61. The number of carbonyl (C=O) groups excluding carboxylic acids is 1. The first-order valence-electron chi connectivity index (χ1n) is 10.6. The van der Waals surface area contributed by atoms with E-state index in [1.807, 2.05) is 6.92 Å². The van der Waals surface area contributed by atoms with E-state index in [-0.39, 0.29) is 29.4 Å². The Bertz CT molecular complexity index is 1460. The molecule has 0 aliphatic rings. The third-order valence-electron chi connectivity index (χ3n) is 5.32. The van der Waals surface area contributed by atoms with E-state index in [4.69, 9.17) is 5.73 Å². The summed E-state index contributed by atoms with van der Waals surface area (Å²) in [5, 5.41) is 3.98. The fraction of sp³-hybridized carbons (Fsp3) is 0.318. The minimum absolute atomic E-state index is 0.0282. The maximum Gasteiger partial charge on any atom is 0.416 e. The minimum Gasteiger partial charge on any atom is -0.383 e. The Labute approximate surface area is 196 Å². The van der Waals surface area contributed by atoms with E-state index >= 15 is 0 Å². The zero-order valence-electron chi connectivity index (χ0n) is 19.1. The maximum atomic E-state index is 13.2. The van der Waals surface area contributed by atoms with Gasteiger partial charge in [-0.05, 0) is 31.5 Å². The van der Waals surface area contributed by atoms with Crippen LogP contribution in [0.4, 0.5) is 24.7 Å². The Morgan fingerprint density at radius 3 is 2.51 bits per heavy atom. The number of rotatable bonds is 6. The van der Waals surface area contributed by atoms with Crippen LogP contribution in [0.1, 0.15) is 41.5 Å². The fourth-order valence-electron chi connectivity index (χ4n) is 3.47. The molecule has 0 bridgehead atoms. The van der Waals surface area contributed by atoms with Gasteiger partial charge < -0.3 is 10.6 Å². The lowest BCUT2D eigenvalue weighted by molar-refractivity contribution is -0.137. The third kappa shape index (κ3) is 5.03.